The summed E-state index contributed by atoms with van der Waals surface area (Å²) in [6.07, 6.45) is 9.36. The third kappa shape index (κ3) is 5.17. The van der Waals surface area contributed by atoms with E-state index in [1.165, 1.54) is 55.6 Å². The van der Waals surface area contributed by atoms with E-state index in [1.807, 2.05) is 30.3 Å². The Balaban J connectivity index is 0.994. The van der Waals surface area contributed by atoms with Gasteiger partial charge < -0.3 is 4.74 Å². The Morgan fingerprint density at radius 3 is 2.20 bits per heavy atom. The monoisotopic (exact) mass is 660 g/mol. The second-order valence-corrected chi connectivity index (χ2v) is 14.2. The standard InChI is InChI=1S/C38H33BrN2O4/c39-33-18-23(6-12-34(33)45-22-24-5-7-28-3-1-2-4-29(28)16-24)17-32-35(42)40-37(44)41(36(32)43)31-10-8-30(9-11-31)38-19-25-13-26(20-38)15-27(14-25)21-38/h1-12,16-18,25-27H,13-15,19-22H2,(H,40,42,44)/b32-17+. The van der Waals surface area contributed by atoms with Gasteiger partial charge in [-0.2, -0.15) is 0 Å². The number of imide groups is 2. The van der Waals surface area contributed by atoms with Gasteiger partial charge in [0.05, 0.1) is 10.2 Å². The molecule has 6 nitrogen and oxygen atoms in total. The molecule has 0 spiro atoms. The summed E-state index contributed by atoms with van der Waals surface area (Å²) in [5, 5.41) is 4.68. The van der Waals surface area contributed by atoms with Gasteiger partial charge >= 0.3 is 6.03 Å². The third-order valence-electron chi connectivity index (χ3n) is 10.4. The Hall–Kier alpha value is -4.23. The van der Waals surface area contributed by atoms with Crippen molar-refractivity contribution in [2.24, 2.45) is 17.8 Å². The predicted molar refractivity (Wildman–Crippen MR) is 178 cm³/mol. The zero-order valence-corrected chi connectivity index (χ0v) is 26.4. The van der Waals surface area contributed by atoms with Crippen molar-refractivity contribution < 1.29 is 19.1 Å². The number of halogens is 1. The van der Waals surface area contributed by atoms with Gasteiger partial charge in [-0.3, -0.25) is 14.9 Å². The van der Waals surface area contributed by atoms with E-state index in [0.717, 1.165) is 33.6 Å². The first-order valence-electron chi connectivity index (χ1n) is 15.8. The number of urea groups is 1. The molecule has 4 aliphatic carbocycles. The lowest BCUT2D eigenvalue weighted by Crippen LogP contribution is -2.54. The van der Waals surface area contributed by atoms with Gasteiger partial charge in [-0.05, 0) is 141 Å². The van der Waals surface area contributed by atoms with Crippen LogP contribution in [0.4, 0.5) is 10.5 Å². The highest BCUT2D eigenvalue weighted by molar-refractivity contribution is 9.10. The lowest BCUT2D eigenvalue weighted by molar-refractivity contribution is -0.122. The maximum Gasteiger partial charge on any atom is 0.335 e. The fraction of sp³-hybridized carbons (Fsp3) is 0.289. The second-order valence-electron chi connectivity index (χ2n) is 13.4. The van der Waals surface area contributed by atoms with Crippen LogP contribution in [0, 0.1) is 17.8 Å². The topological polar surface area (TPSA) is 75.7 Å². The first-order valence-corrected chi connectivity index (χ1v) is 16.5. The van der Waals surface area contributed by atoms with E-state index in [1.54, 1.807) is 18.2 Å². The van der Waals surface area contributed by atoms with Crippen LogP contribution in [-0.4, -0.2) is 17.8 Å². The average molecular weight is 662 g/mol. The smallest absolute Gasteiger partial charge is 0.335 e. The van der Waals surface area contributed by atoms with Crippen LogP contribution in [0.3, 0.4) is 0 Å². The number of nitrogens with zero attached hydrogens (tertiary/aromatic N) is 1. The molecular formula is C38H33BrN2O4. The third-order valence-corrected chi connectivity index (χ3v) is 11.0. The molecular weight excluding hydrogens is 628 g/mol. The Bertz CT molecular complexity index is 1860. The molecule has 45 heavy (non-hydrogen) atoms. The molecule has 9 rings (SSSR count). The number of nitrogens with one attached hydrogen (secondary N) is 1. The zero-order chi connectivity index (χ0) is 30.7. The number of hydrogen-bond donors (Lipinski definition) is 1. The van der Waals surface area contributed by atoms with Crippen molar-refractivity contribution in [2.75, 3.05) is 4.90 Å². The molecule has 4 aromatic carbocycles. The Morgan fingerprint density at radius 1 is 0.822 bits per heavy atom. The predicted octanol–water partition coefficient (Wildman–Crippen LogP) is 8.32. The summed E-state index contributed by atoms with van der Waals surface area (Å²) in [6.45, 7) is 0.392. The molecule has 5 fully saturated rings. The minimum Gasteiger partial charge on any atom is -0.488 e. The van der Waals surface area contributed by atoms with Crippen molar-refractivity contribution in [1.82, 2.24) is 5.32 Å². The van der Waals surface area contributed by atoms with E-state index in [-0.39, 0.29) is 11.0 Å². The summed E-state index contributed by atoms with van der Waals surface area (Å²) >= 11 is 3.57. The summed E-state index contributed by atoms with van der Waals surface area (Å²) in [5.41, 5.74) is 3.58. The van der Waals surface area contributed by atoms with Crippen molar-refractivity contribution in [1.29, 1.82) is 0 Å². The number of carbonyl (C=O) groups excluding carboxylic acids is 3. The maximum absolute atomic E-state index is 13.6. The number of barbiturate groups is 1. The molecule has 0 aromatic heterocycles. The average Bonchev–Trinajstić information content (AvgIpc) is 3.02. The summed E-state index contributed by atoms with van der Waals surface area (Å²) in [4.78, 5) is 40.4. The molecule has 4 amide bonds. The van der Waals surface area contributed by atoms with E-state index in [4.69, 9.17) is 4.74 Å². The Kier molecular flexibility index (Phi) is 6.90. The van der Waals surface area contributed by atoms with Gasteiger partial charge in [-0.1, -0.05) is 54.6 Å². The molecule has 1 N–H and O–H groups in total. The van der Waals surface area contributed by atoms with E-state index in [0.29, 0.717) is 28.1 Å². The molecule has 1 heterocycles. The Morgan fingerprint density at radius 2 is 1.51 bits per heavy atom. The SMILES string of the molecule is O=C1NC(=O)N(c2ccc(C34CC5CC(CC(C5)C3)C4)cc2)C(=O)/C1=C/c1ccc(OCc2ccc3ccccc3c2)c(Br)c1. The van der Waals surface area contributed by atoms with Crippen molar-refractivity contribution in [3.8, 4) is 5.75 Å². The summed E-state index contributed by atoms with van der Waals surface area (Å²) in [7, 11) is 0. The molecule has 0 atom stereocenters. The fourth-order valence-corrected chi connectivity index (χ4v) is 9.21. The van der Waals surface area contributed by atoms with Crippen molar-refractivity contribution in [3.63, 3.8) is 0 Å². The minimum absolute atomic E-state index is 0.100. The molecule has 4 saturated carbocycles. The van der Waals surface area contributed by atoms with Gasteiger partial charge in [-0.15, -0.1) is 0 Å². The van der Waals surface area contributed by atoms with Gasteiger partial charge in [-0.25, -0.2) is 9.69 Å². The largest absolute Gasteiger partial charge is 0.488 e. The molecule has 0 radical (unpaired) electrons. The molecule has 5 aliphatic rings. The van der Waals surface area contributed by atoms with E-state index in [2.05, 4.69) is 57.6 Å². The van der Waals surface area contributed by atoms with Gasteiger partial charge in [0.1, 0.15) is 17.9 Å². The number of fused-ring (bicyclic) bond motifs is 1. The van der Waals surface area contributed by atoms with Crippen LogP contribution < -0.4 is 15.0 Å². The first kappa shape index (κ1) is 28.3. The van der Waals surface area contributed by atoms with Crippen molar-refractivity contribution in [3.05, 3.63) is 112 Å². The van der Waals surface area contributed by atoms with Gasteiger partial charge in [0.2, 0.25) is 0 Å². The van der Waals surface area contributed by atoms with E-state index >= 15 is 0 Å². The van der Waals surface area contributed by atoms with E-state index in [9.17, 15) is 14.4 Å². The number of carbonyl (C=O) groups is 3. The van der Waals surface area contributed by atoms with Gasteiger partial charge in [0, 0.05) is 0 Å². The number of amides is 4. The number of benzene rings is 4. The molecule has 4 bridgehead atoms. The highest BCUT2D eigenvalue weighted by Crippen LogP contribution is 2.60. The maximum atomic E-state index is 13.6. The minimum atomic E-state index is -0.733. The molecule has 7 heteroatoms. The number of hydrogen-bond acceptors (Lipinski definition) is 4. The molecule has 1 saturated heterocycles. The van der Waals surface area contributed by atoms with Crippen LogP contribution in [-0.2, 0) is 21.6 Å². The van der Waals surface area contributed by atoms with Crippen LogP contribution in [0.5, 0.6) is 5.75 Å². The van der Waals surface area contributed by atoms with E-state index < -0.39 is 17.8 Å². The zero-order valence-electron chi connectivity index (χ0n) is 24.8. The number of anilines is 1. The lowest BCUT2D eigenvalue weighted by atomic mass is 9.48. The Labute approximate surface area is 270 Å². The van der Waals surface area contributed by atoms with Crippen molar-refractivity contribution in [2.45, 2.75) is 50.5 Å². The molecule has 0 unspecified atom stereocenters. The van der Waals surface area contributed by atoms with Crippen molar-refractivity contribution >= 4 is 56.3 Å². The first-order chi connectivity index (χ1) is 21.8. The fourth-order valence-electron chi connectivity index (χ4n) is 8.70. The second kappa shape index (κ2) is 11.0. The summed E-state index contributed by atoms with van der Waals surface area (Å²) in [6, 6.07) is 27.0. The number of rotatable bonds is 6. The lowest BCUT2D eigenvalue weighted by Gasteiger charge is -2.57. The van der Waals surface area contributed by atoms with Crippen LogP contribution in [0.2, 0.25) is 0 Å². The van der Waals surface area contributed by atoms with Gasteiger partial charge in [0.15, 0.2) is 0 Å². The molecule has 226 valence electrons. The molecule has 4 aromatic rings. The quantitative estimate of drug-likeness (QED) is 0.167. The highest BCUT2D eigenvalue weighted by Gasteiger charge is 2.51. The molecule has 1 aliphatic heterocycles. The van der Waals surface area contributed by atoms with Crippen LogP contribution in [0.1, 0.15) is 55.2 Å². The van der Waals surface area contributed by atoms with Crippen LogP contribution in [0.15, 0.2) is 95.0 Å². The summed E-state index contributed by atoms with van der Waals surface area (Å²) in [5.74, 6) is 1.77. The number of ether oxygens (including phenoxy) is 1. The van der Waals surface area contributed by atoms with Gasteiger partial charge in [0.25, 0.3) is 11.8 Å². The summed E-state index contributed by atoms with van der Waals surface area (Å²) < 4.78 is 6.76. The normalized spacial score (nSPS) is 26.5. The van der Waals surface area contributed by atoms with Crippen LogP contribution in [0.25, 0.3) is 16.8 Å². The van der Waals surface area contributed by atoms with Crippen LogP contribution >= 0.6 is 15.9 Å². The highest BCUT2D eigenvalue weighted by atomic mass is 79.9.